The summed E-state index contributed by atoms with van der Waals surface area (Å²) >= 11 is 5.46. The Bertz CT molecular complexity index is 388. The van der Waals surface area contributed by atoms with Crippen LogP contribution in [-0.4, -0.2) is 18.3 Å². The van der Waals surface area contributed by atoms with Crippen molar-refractivity contribution >= 4 is 17.5 Å². The molecule has 0 aliphatic carbocycles. The molecular formula is C31H62ClNO. The molecule has 1 amide bonds. The van der Waals surface area contributed by atoms with E-state index in [-0.39, 0.29) is 11.8 Å². The van der Waals surface area contributed by atoms with Crippen LogP contribution in [0.2, 0.25) is 0 Å². The molecule has 0 aromatic rings. The zero-order valence-electron chi connectivity index (χ0n) is 23.3. The van der Waals surface area contributed by atoms with Gasteiger partial charge in [-0.15, -0.1) is 11.6 Å². The Hall–Kier alpha value is -0.240. The summed E-state index contributed by atoms with van der Waals surface area (Å²) in [5, 5.41) is 2.83. The second-order valence-electron chi connectivity index (χ2n) is 10.7. The SMILES string of the molecule is CCCCCCCCCCCCCCCCCCCCCCCCCCCCCNC(=O)CCl. The summed E-state index contributed by atoms with van der Waals surface area (Å²) in [5.41, 5.74) is 0. The molecule has 34 heavy (non-hydrogen) atoms. The first kappa shape index (κ1) is 33.8. The summed E-state index contributed by atoms with van der Waals surface area (Å²) in [5.74, 6) is 0.0379. The number of hydrogen-bond donors (Lipinski definition) is 1. The minimum atomic E-state index is -0.0449. The molecular weight excluding hydrogens is 438 g/mol. The molecule has 0 aliphatic rings. The zero-order valence-corrected chi connectivity index (χ0v) is 24.0. The standard InChI is InChI=1S/C31H62ClNO/c1-2-3-4-5-6-7-8-9-10-11-12-13-14-15-16-17-18-19-20-21-22-23-24-25-26-27-28-29-33-31(34)30-32/h2-30H2,1H3,(H,33,34). The van der Waals surface area contributed by atoms with Crippen molar-refractivity contribution in [2.24, 2.45) is 0 Å². The van der Waals surface area contributed by atoms with E-state index in [1.807, 2.05) is 0 Å². The number of carbonyl (C=O) groups is 1. The average Bonchev–Trinajstić information content (AvgIpc) is 2.85. The number of halogens is 1. The van der Waals surface area contributed by atoms with E-state index in [2.05, 4.69) is 12.2 Å². The first-order valence-corrected chi connectivity index (χ1v) is 16.2. The second-order valence-corrected chi connectivity index (χ2v) is 10.9. The van der Waals surface area contributed by atoms with Crippen LogP contribution in [0.5, 0.6) is 0 Å². The molecule has 0 rings (SSSR count). The molecule has 0 heterocycles. The average molecular weight is 500 g/mol. The Kier molecular flexibility index (Phi) is 30.6. The summed E-state index contributed by atoms with van der Waals surface area (Å²) < 4.78 is 0. The van der Waals surface area contributed by atoms with E-state index in [1.54, 1.807) is 0 Å². The number of carbonyl (C=O) groups excluding carboxylic acids is 1. The molecule has 0 spiro atoms. The fraction of sp³-hybridized carbons (Fsp3) is 0.968. The second kappa shape index (κ2) is 30.8. The van der Waals surface area contributed by atoms with Gasteiger partial charge in [-0.2, -0.15) is 0 Å². The maximum atomic E-state index is 11.0. The van der Waals surface area contributed by atoms with Crippen molar-refractivity contribution in [2.45, 2.75) is 180 Å². The molecule has 0 radical (unpaired) electrons. The molecule has 204 valence electrons. The molecule has 0 unspecified atom stereocenters. The maximum absolute atomic E-state index is 11.0. The van der Waals surface area contributed by atoms with Gasteiger partial charge in [0.05, 0.1) is 0 Å². The Morgan fingerprint density at radius 3 is 0.912 bits per heavy atom. The fourth-order valence-electron chi connectivity index (χ4n) is 4.89. The Balaban J connectivity index is 3.02. The molecule has 0 aromatic carbocycles. The van der Waals surface area contributed by atoms with Crippen LogP contribution in [0.15, 0.2) is 0 Å². The quantitative estimate of drug-likeness (QED) is 0.0803. The van der Waals surface area contributed by atoms with Gasteiger partial charge in [0.2, 0.25) is 5.91 Å². The van der Waals surface area contributed by atoms with Gasteiger partial charge in [0.15, 0.2) is 0 Å². The predicted octanol–water partition coefficient (Wildman–Crippen LogP) is 10.9. The highest BCUT2D eigenvalue weighted by molar-refractivity contribution is 6.27. The number of unbranched alkanes of at least 4 members (excludes halogenated alkanes) is 26. The normalized spacial score (nSPS) is 11.2. The minimum Gasteiger partial charge on any atom is -0.355 e. The van der Waals surface area contributed by atoms with Crippen LogP contribution in [-0.2, 0) is 4.79 Å². The Morgan fingerprint density at radius 1 is 0.441 bits per heavy atom. The van der Waals surface area contributed by atoms with Gasteiger partial charge >= 0.3 is 0 Å². The molecule has 1 N–H and O–H groups in total. The van der Waals surface area contributed by atoms with Crippen molar-refractivity contribution in [1.82, 2.24) is 5.32 Å². The number of rotatable bonds is 29. The van der Waals surface area contributed by atoms with Gasteiger partial charge in [-0.05, 0) is 6.42 Å². The summed E-state index contributed by atoms with van der Waals surface area (Å²) in [4.78, 5) is 11.0. The van der Waals surface area contributed by atoms with Crippen molar-refractivity contribution in [3.05, 3.63) is 0 Å². The largest absolute Gasteiger partial charge is 0.355 e. The van der Waals surface area contributed by atoms with Gasteiger partial charge in [-0.25, -0.2) is 0 Å². The molecule has 0 aliphatic heterocycles. The molecule has 0 atom stereocenters. The summed E-state index contributed by atoms with van der Waals surface area (Å²) in [6.45, 7) is 3.08. The van der Waals surface area contributed by atoms with Crippen LogP contribution in [0, 0.1) is 0 Å². The number of nitrogens with one attached hydrogen (secondary N) is 1. The third kappa shape index (κ3) is 29.8. The van der Waals surface area contributed by atoms with Crippen LogP contribution in [0.25, 0.3) is 0 Å². The first-order valence-electron chi connectivity index (χ1n) is 15.6. The van der Waals surface area contributed by atoms with Crippen LogP contribution in [0.3, 0.4) is 0 Å². The summed E-state index contributed by atoms with van der Waals surface area (Å²) in [7, 11) is 0. The highest BCUT2D eigenvalue weighted by Crippen LogP contribution is 2.16. The van der Waals surface area contributed by atoms with E-state index >= 15 is 0 Å². The van der Waals surface area contributed by atoms with Crippen LogP contribution in [0.4, 0.5) is 0 Å². The molecule has 0 fully saturated rings. The monoisotopic (exact) mass is 499 g/mol. The van der Waals surface area contributed by atoms with Gasteiger partial charge in [0.1, 0.15) is 5.88 Å². The van der Waals surface area contributed by atoms with E-state index in [0.29, 0.717) is 0 Å². The van der Waals surface area contributed by atoms with Gasteiger partial charge in [0.25, 0.3) is 0 Å². The molecule has 0 aromatic heterocycles. The molecule has 3 heteroatoms. The summed E-state index contributed by atoms with van der Waals surface area (Å²) in [6.07, 6.45) is 38.4. The van der Waals surface area contributed by atoms with Gasteiger partial charge in [-0.3, -0.25) is 4.79 Å². The van der Waals surface area contributed by atoms with Gasteiger partial charge in [-0.1, -0.05) is 174 Å². The van der Waals surface area contributed by atoms with Gasteiger partial charge in [0, 0.05) is 6.54 Å². The summed E-state index contributed by atoms with van der Waals surface area (Å²) in [6, 6.07) is 0. The third-order valence-electron chi connectivity index (χ3n) is 7.22. The van der Waals surface area contributed by atoms with E-state index in [4.69, 9.17) is 11.6 Å². The lowest BCUT2D eigenvalue weighted by molar-refractivity contribution is -0.118. The smallest absolute Gasteiger partial charge is 0.234 e. The maximum Gasteiger partial charge on any atom is 0.234 e. The van der Waals surface area contributed by atoms with E-state index in [1.165, 1.54) is 167 Å². The fourth-order valence-corrected chi connectivity index (χ4v) is 4.99. The Labute approximate surface area is 220 Å². The lowest BCUT2D eigenvalue weighted by Gasteiger charge is -2.05. The highest BCUT2D eigenvalue weighted by Gasteiger charge is 1.98. The van der Waals surface area contributed by atoms with Crippen LogP contribution < -0.4 is 5.32 Å². The van der Waals surface area contributed by atoms with E-state index in [0.717, 1.165) is 13.0 Å². The lowest BCUT2D eigenvalue weighted by atomic mass is 10.0. The van der Waals surface area contributed by atoms with E-state index in [9.17, 15) is 4.79 Å². The topological polar surface area (TPSA) is 29.1 Å². The number of amides is 1. The molecule has 0 saturated heterocycles. The number of hydrogen-bond acceptors (Lipinski definition) is 1. The predicted molar refractivity (Wildman–Crippen MR) is 154 cm³/mol. The van der Waals surface area contributed by atoms with Crippen molar-refractivity contribution in [3.63, 3.8) is 0 Å². The highest BCUT2D eigenvalue weighted by atomic mass is 35.5. The van der Waals surface area contributed by atoms with Crippen molar-refractivity contribution in [3.8, 4) is 0 Å². The lowest BCUT2D eigenvalue weighted by Crippen LogP contribution is -2.25. The van der Waals surface area contributed by atoms with Crippen LogP contribution in [0.1, 0.15) is 180 Å². The first-order chi connectivity index (χ1) is 16.8. The third-order valence-corrected chi connectivity index (χ3v) is 7.47. The van der Waals surface area contributed by atoms with Crippen molar-refractivity contribution in [1.29, 1.82) is 0 Å². The Morgan fingerprint density at radius 2 is 0.676 bits per heavy atom. The van der Waals surface area contributed by atoms with Crippen molar-refractivity contribution < 1.29 is 4.79 Å². The number of alkyl halides is 1. The van der Waals surface area contributed by atoms with Gasteiger partial charge < -0.3 is 5.32 Å². The molecule has 0 bridgehead atoms. The van der Waals surface area contributed by atoms with Crippen LogP contribution >= 0.6 is 11.6 Å². The minimum absolute atomic E-state index is 0.0449. The molecule has 2 nitrogen and oxygen atoms in total. The van der Waals surface area contributed by atoms with Crippen molar-refractivity contribution in [2.75, 3.05) is 12.4 Å². The zero-order chi connectivity index (χ0) is 24.8. The molecule has 0 saturated carbocycles. The van der Waals surface area contributed by atoms with E-state index < -0.39 is 0 Å².